The number of aryl methyl sites for hydroxylation is 1. The predicted molar refractivity (Wildman–Crippen MR) is 155 cm³/mol. The Hall–Kier alpha value is -2.86. The lowest BCUT2D eigenvalue weighted by atomic mass is 9.89. The van der Waals surface area contributed by atoms with E-state index in [1.165, 1.54) is 16.9 Å². The summed E-state index contributed by atoms with van der Waals surface area (Å²) in [6, 6.07) is 23.4. The number of carbonyl (C=O) groups is 1. The number of carbonyl (C=O) groups excluding carboxylic acids is 1. The van der Waals surface area contributed by atoms with E-state index in [1.807, 2.05) is 42.3 Å². The summed E-state index contributed by atoms with van der Waals surface area (Å²) in [7, 11) is 3.71. The van der Waals surface area contributed by atoms with Crippen LogP contribution in [0.4, 0.5) is 0 Å². The van der Waals surface area contributed by atoms with E-state index in [0.29, 0.717) is 22.5 Å². The van der Waals surface area contributed by atoms with Gasteiger partial charge in [0.05, 0.1) is 12.1 Å². The Labute approximate surface area is 228 Å². The van der Waals surface area contributed by atoms with Crippen LogP contribution in [0.15, 0.2) is 66.7 Å². The number of nitrogens with zero attached hydrogens (tertiary/aromatic N) is 1. The normalized spacial score (nSPS) is 17.6. The Bertz CT molecular complexity index is 1390. The van der Waals surface area contributed by atoms with Crippen LogP contribution in [-0.2, 0) is 6.54 Å². The largest absolute Gasteiger partial charge is 0.496 e. The van der Waals surface area contributed by atoms with Crippen LogP contribution in [0.3, 0.4) is 0 Å². The van der Waals surface area contributed by atoms with Gasteiger partial charge in [0.1, 0.15) is 10.6 Å². The molecule has 0 aliphatic heterocycles. The first-order valence-electron chi connectivity index (χ1n) is 12.9. The van der Waals surface area contributed by atoms with Crippen molar-refractivity contribution in [3.05, 3.63) is 87.8 Å². The van der Waals surface area contributed by atoms with Gasteiger partial charge in [-0.1, -0.05) is 65.7 Å². The molecular formula is C31H33ClN2O2S. The minimum absolute atomic E-state index is 0.00176. The molecular weight excluding hydrogens is 500 g/mol. The molecule has 0 spiro atoms. The number of fused-ring (bicyclic) bond motifs is 1. The van der Waals surface area contributed by atoms with Crippen LogP contribution in [0.5, 0.6) is 5.75 Å². The van der Waals surface area contributed by atoms with E-state index in [-0.39, 0.29) is 11.9 Å². The van der Waals surface area contributed by atoms with Crippen molar-refractivity contribution in [1.82, 2.24) is 10.2 Å². The lowest BCUT2D eigenvalue weighted by Gasteiger charge is -2.37. The van der Waals surface area contributed by atoms with Gasteiger partial charge in [-0.3, -0.25) is 4.79 Å². The van der Waals surface area contributed by atoms with Gasteiger partial charge in [-0.15, -0.1) is 11.3 Å². The molecule has 0 radical (unpaired) electrons. The van der Waals surface area contributed by atoms with Crippen molar-refractivity contribution < 1.29 is 9.53 Å². The Morgan fingerprint density at radius 2 is 1.73 bits per heavy atom. The summed E-state index contributed by atoms with van der Waals surface area (Å²) >= 11 is 8.27. The number of halogens is 1. The summed E-state index contributed by atoms with van der Waals surface area (Å²) in [5.74, 6) is 0.793. The average Bonchev–Trinajstić information content (AvgIpc) is 3.28. The van der Waals surface area contributed by atoms with Gasteiger partial charge in [-0.25, -0.2) is 0 Å². The van der Waals surface area contributed by atoms with E-state index in [0.717, 1.165) is 58.2 Å². The molecule has 0 unspecified atom stereocenters. The van der Waals surface area contributed by atoms with E-state index in [4.69, 9.17) is 16.3 Å². The van der Waals surface area contributed by atoms with Gasteiger partial charge in [0.2, 0.25) is 0 Å². The molecule has 1 aliphatic carbocycles. The van der Waals surface area contributed by atoms with Crippen LogP contribution in [0.25, 0.3) is 21.2 Å². The Morgan fingerprint density at radius 1 is 1.03 bits per heavy atom. The maximum absolute atomic E-state index is 14.2. The summed E-state index contributed by atoms with van der Waals surface area (Å²) in [5, 5.41) is 4.90. The number of hydrogen-bond acceptors (Lipinski definition) is 4. The van der Waals surface area contributed by atoms with Gasteiger partial charge >= 0.3 is 0 Å². The molecule has 6 heteroatoms. The molecule has 1 aliphatic rings. The second kappa shape index (κ2) is 11.3. The fraction of sp³-hybridized carbons (Fsp3) is 0.323. The number of thiophene rings is 1. The third-order valence-corrected chi connectivity index (χ3v) is 9.21. The fourth-order valence-electron chi connectivity index (χ4n) is 5.34. The molecule has 1 fully saturated rings. The third kappa shape index (κ3) is 5.40. The van der Waals surface area contributed by atoms with Gasteiger partial charge in [0.15, 0.2) is 0 Å². The van der Waals surface area contributed by atoms with E-state index in [2.05, 4.69) is 48.6 Å². The molecule has 1 N–H and O–H groups in total. The lowest BCUT2D eigenvalue weighted by Crippen LogP contribution is -2.44. The molecule has 1 amide bonds. The summed E-state index contributed by atoms with van der Waals surface area (Å²) in [6.45, 7) is 2.57. The number of methoxy groups -OCH3 is 1. The molecule has 5 rings (SSSR count). The van der Waals surface area contributed by atoms with Crippen LogP contribution in [0.2, 0.25) is 5.02 Å². The standard InChI is InChI=1S/C31H33ClN2O2S/c1-20-8-10-21(11-9-20)22-12-17-27(36-3)23(18-22)19-34(25-15-13-24(33-2)14-16-25)31(35)30-29(32)26-6-4-5-7-28(26)37-30/h4-12,17-18,24-25,33H,13-16,19H2,1-3H3/t24-,25-. The maximum Gasteiger partial charge on any atom is 0.266 e. The first-order valence-corrected chi connectivity index (χ1v) is 14.1. The van der Waals surface area contributed by atoms with Crippen LogP contribution in [-0.4, -0.2) is 37.0 Å². The topological polar surface area (TPSA) is 41.6 Å². The Morgan fingerprint density at radius 3 is 2.41 bits per heavy atom. The second-order valence-corrected chi connectivity index (χ2v) is 11.3. The van der Waals surface area contributed by atoms with Crippen LogP contribution < -0.4 is 10.1 Å². The van der Waals surface area contributed by atoms with E-state index in [1.54, 1.807) is 7.11 Å². The second-order valence-electron chi connectivity index (χ2n) is 9.86. The van der Waals surface area contributed by atoms with Crippen molar-refractivity contribution in [2.45, 2.75) is 51.2 Å². The Kier molecular flexibility index (Phi) is 7.84. The van der Waals surface area contributed by atoms with Crippen LogP contribution in [0.1, 0.15) is 46.5 Å². The van der Waals surface area contributed by atoms with Gasteiger partial charge in [-0.2, -0.15) is 0 Å². The molecule has 1 heterocycles. The zero-order valence-electron chi connectivity index (χ0n) is 21.6. The van der Waals surface area contributed by atoms with E-state index < -0.39 is 0 Å². The first kappa shape index (κ1) is 25.8. The number of nitrogens with one attached hydrogen (secondary N) is 1. The van der Waals surface area contributed by atoms with E-state index >= 15 is 0 Å². The highest BCUT2D eigenvalue weighted by Gasteiger charge is 2.32. The van der Waals surface area contributed by atoms with Crippen molar-refractivity contribution >= 4 is 38.9 Å². The summed E-state index contributed by atoms with van der Waals surface area (Å²) in [6.07, 6.45) is 4.01. The number of amides is 1. The van der Waals surface area contributed by atoms with Crippen LogP contribution in [0, 0.1) is 6.92 Å². The van der Waals surface area contributed by atoms with Crippen molar-refractivity contribution in [2.75, 3.05) is 14.2 Å². The van der Waals surface area contributed by atoms with Gasteiger partial charge < -0.3 is 15.0 Å². The fourth-order valence-corrected chi connectivity index (χ4v) is 6.80. The number of ether oxygens (including phenoxy) is 1. The highest BCUT2D eigenvalue weighted by Crippen LogP contribution is 2.38. The zero-order chi connectivity index (χ0) is 25.9. The molecule has 4 nitrogen and oxygen atoms in total. The Balaban J connectivity index is 1.52. The summed E-state index contributed by atoms with van der Waals surface area (Å²) < 4.78 is 6.80. The molecule has 0 saturated heterocycles. The third-order valence-electron chi connectivity index (χ3n) is 7.54. The SMILES string of the molecule is CN[C@H]1CC[C@H](N(Cc2cc(-c3ccc(C)cc3)ccc2OC)C(=O)c2sc3ccccc3c2Cl)CC1. The van der Waals surface area contributed by atoms with Crippen molar-refractivity contribution in [3.8, 4) is 16.9 Å². The van der Waals surface area contributed by atoms with Crippen molar-refractivity contribution in [2.24, 2.45) is 0 Å². The molecule has 0 atom stereocenters. The molecule has 3 aromatic carbocycles. The zero-order valence-corrected chi connectivity index (χ0v) is 23.2. The average molecular weight is 533 g/mol. The van der Waals surface area contributed by atoms with Crippen molar-refractivity contribution in [1.29, 1.82) is 0 Å². The number of benzene rings is 3. The number of hydrogen-bond donors (Lipinski definition) is 1. The lowest BCUT2D eigenvalue weighted by molar-refractivity contribution is 0.0604. The monoisotopic (exact) mass is 532 g/mol. The maximum atomic E-state index is 14.2. The molecule has 1 saturated carbocycles. The van der Waals surface area contributed by atoms with E-state index in [9.17, 15) is 4.79 Å². The first-order chi connectivity index (χ1) is 18.0. The highest BCUT2D eigenvalue weighted by atomic mass is 35.5. The molecule has 4 aromatic rings. The van der Waals surface area contributed by atoms with Gasteiger partial charge in [0, 0.05) is 34.3 Å². The smallest absolute Gasteiger partial charge is 0.266 e. The minimum Gasteiger partial charge on any atom is -0.496 e. The summed E-state index contributed by atoms with van der Waals surface area (Å²) in [5.41, 5.74) is 4.49. The molecule has 192 valence electrons. The number of rotatable bonds is 7. The minimum atomic E-state index is 0.00176. The molecule has 1 aromatic heterocycles. The van der Waals surface area contributed by atoms with Gasteiger partial charge in [-0.05, 0) is 69.0 Å². The molecule has 0 bridgehead atoms. The predicted octanol–water partition coefficient (Wildman–Crippen LogP) is 7.71. The quantitative estimate of drug-likeness (QED) is 0.265. The molecule has 37 heavy (non-hydrogen) atoms. The van der Waals surface area contributed by atoms with Crippen LogP contribution >= 0.6 is 22.9 Å². The summed E-state index contributed by atoms with van der Waals surface area (Å²) in [4.78, 5) is 16.8. The van der Waals surface area contributed by atoms with Crippen molar-refractivity contribution in [3.63, 3.8) is 0 Å². The highest BCUT2D eigenvalue weighted by molar-refractivity contribution is 7.21. The van der Waals surface area contributed by atoms with Gasteiger partial charge in [0.25, 0.3) is 5.91 Å².